The molecular formula is C18H26F6N4O6. The third-order valence-corrected chi connectivity index (χ3v) is 4.72. The highest BCUT2D eigenvalue weighted by Gasteiger charge is 2.40. The number of hydrogen-bond donors (Lipinski definition) is 2. The maximum absolute atomic E-state index is 10.6. The minimum absolute atomic E-state index is 0.345. The van der Waals surface area contributed by atoms with Crippen LogP contribution >= 0.6 is 0 Å². The van der Waals surface area contributed by atoms with Gasteiger partial charge in [0.2, 0.25) is 0 Å². The number of aromatic nitrogens is 2. The molecule has 0 unspecified atom stereocenters. The molecule has 0 bridgehead atoms. The fourth-order valence-electron chi connectivity index (χ4n) is 3.26. The minimum atomic E-state index is -5.08. The van der Waals surface area contributed by atoms with Crippen molar-refractivity contribution >= 4 is 11.9 Å². The molecule has 0 saturated carbocycles. The summed E-state index contributed by atoms with van der Waals surface area (Å²) in [5.74, 6) is -5.51. The summed E-state index contributed by atoms with van der Waals surface area (Å²) in [6.45, 7) is 6.71. The number of rotatable bonds is 5. The van der Waals surface area contributed by atoms with Crippen molar-refractivity contribution in [1.82, 2.24) is 19.6 Å². The maximum atomic E-state index is 10.6. The number of carbonyl (C=O) groups is 2. The predicted octanol–water partition coefficient (Wildman–Crippen LogP) is 1.22. The van der Waals surface area contributed by atoms with Gasteiger partial charge in [0.1, 0.15) is 0 Å². The van der Waals surface area contributed by atoms with E-state index in [0.29, 0.717) is 12.1 Å². The average molecular weight is 508 g/mol. The van der Waals surface area contributed by atoms with Crippen LogP contribution in [0, 0.1) is 0 Å². The van der Waals surface area contributed by atoms with Crippen molar-refractivity contribution in [2.75, 3.05) is 46.5 Å². The van der Waals surface area contributed by atoms with Crippen LogP contribution in [0.5, 0.6) is 0 Å². The molecule has 2 atom stereocenters. The van der Waals surface area contributed by atoms with E-state index in [-0.39, 0.29) is 0 Å². The van der Waals surface area contributed by atoms with Crippen molar-refractivity contribution < 1.29 is 55.6 Å². The van der Waals surface area contributed by atoms with Gasteiger partial charge in [-0.2, -0.15) is 31.4 Å². The topological polar surface area (TPSA) is 117 Å². The fraction of sp³-hybridized carbons (Fsp3) is 0.722. The van der Waals surface area contributed by atoms with Crippen molar-refractivity contribution in [3.05, 3.63) is 18.0 Å². The van der Waals surface area contributed by atoms with Gasteiger partial charge in [0.15, 0.2) is 0 Å². The van der Waals surface area contributed by atoms with Crippen LogP contribution in [-0.4, -0.2) is 113 Å². The van der Waals surface area contributed by atoms with Gasteiger partial charge >= 0.3 is 24.3 Å². The van der Waals surface area contributed by atoms with E-state index in [9.17, 15) is 26.3 Å². The summed E-state index contributed by atoms with van der Waals surface area (Å²) in [6, 6.07) is 0.510. The first-order valence-corrected chi connectivity index (χ1v) is 9.79. The van der Waals surface area contributed by atoms with Crippen LogP contribution in [0.4, 0.5) is 26.3 Å². The lowest BCUT2D eigenvalue weighted by Crippen LogP contribution is -2.51. The molecule has 2 aliphatic heterocycles. The minimum Gasteiger partial charge on any atom is -0.475 e. The summed E-state index contributed by atoms with van der Waals surface area (Å²) in [5, 5.41) is 18.5. The van der Waals surface area contributed by atoms with E-state index in [4.69, 9.17) is 29.3 Å². The summed E-state index contributed by atoms with van der Waals surface area (Å²) < 4.78 is 76.5. The van der Waals surface area contributed by atoms with Gasteiger partial charge in [-0.05, 0) is 0 Å². The zero-order chi connectivity index (χ0) is 26.1. The van der Waals surface area contributed by atoms with E-state index in [2.05, 4.69) is 21.1 Å². The van der Waals surface area contributed by atoms with Crippen molar-refractivity contribution in [2.45, 2.75) is 31.0 Å². The third-order valence-electron chi connectivity index (χ3n) is 4.72. The highest BCUT2D eigenvalue weighted by Crippen LogP contribution is 2.24. The second kappa shape index (κ2) is 12.9. The number of aliphatic carboxylic acids is 2. The number of aryl methyl sites for hydroxylation is 1. The first-order chi connectivity index (χ1) is 15.6. The Bertz CT molecular complexity index is 764. The molecule has 0 aliphatic carbocycles. The number of carboxylic acid groups (broad SMARTS) is 2. The summed E-state index contributed by atoms with van der Waals surface area (Å²) in [4.78, 5) is 22.8. The quantitative estimate of drug-likeness (QED) is 0.566. The molecule has 2 fully saturated rings. The van der Waals surface area contributed by atoms with Gasteiger partial charge in [0, 0.05) is 64.7 Å². The van der Waals surface area contributed by atoms with E-state index >= 15 is 0 Å². The Morgan fingerprint density at radius 1 is 1.15 bits per heavy atom. The highest BCUT2D eigenvalue weighted by atomic mass is 19.4. The van der Waals surface area contributed by atoms with E-state index < -0.39 is 24.3 Å². The van der Waals surface area contributed by atoms with Gasteiger partial charge in [-0.1, -0.05) is 0 Å². The number of halogens is 6. The van der Waals surface area contributed by atoms with Crippen LogP contribution in [0.25, 0.3) is 0 Å². The van der Waals surface area contributed by atoms with Crippen LogP contribution in [0.1, 0.15) is 5.56 Å². The molecule has 2 aliphatic rings. The first-order valence-electron chi connectivity index (χ1n) is 9.79. The van der Waals surface area contributed by atoms with E-state index in [1.165, 1.54) is 5.56 Å². The molecule has 0 amide bonds. The second-order valence-corrected chi connectivity index (χ2v) is 7.33. The van der Waals surface area contributed by atoms with Crippen LogP contribution < -0.4 is 0 Å². The molecule has 34 heavy (non-hydrogen) atoms. The monoisotopic (exact) mass is 508 g/mol. The lowest BCUT2D eigenvalue weighted by molar-refractivity contribution is -0.193. The molecule has 0 aromatic carbocycles. The summed E-state index contributed by atoms with van der Waals surface area (Å²) in [7, 11) is 3.73. The van der Waals surface area contributed by atoms with Crippen LogP contribution in [0.15, 0.2) is 12.4 Å². The Morgan fingerprint density at radius 3 is 2.15 bits per heavy atom. The first kappa shape index (κ1) is 29.6. The standard InChI is InChI=1S/C14H24N4O2.2C2HF3O2/c1-16-8-12(7-15-16)9-17-10-13-14(11-17)20-6-4-18(13)3-5-19-2;2*3-2(4,5)1(6)7/h7-8,13-14H,3-6,9-11H2,1-2H3;2*(H,6,7)/t13-,14+;;/m1../s1. The number of carboxylic acids is 2. The van der Waals surface area contributed by atoms with Crippen LogP contribution in [0.3, 0.4) is 0 Å². The number of morpholine rings is 1. The summed E-state index contributed by atoms with van der Waals surface area (Å²) >= 11 is 0. The number of methoxy groups -OCH3 is 1. The molecule has 1 aromatic heterocycles. The Kier molecular flexibility index (Phi) is 11.2. The molecule has 3 rings (SSSR count). The highest BCUT2D eigenvalue weighted by molar-refractivity contribution is 5.73. The van der Waals surface area contributed by atoms with Gasteiger partial charge in [0.25, 0.3) is 0 Å². The van der Waals surface area contributed by atoms with Crippen molar-refractivity contribution in [3.8, 4) is 0 Å². The Labute approximate surface area is 190 Å². The van der Waals surface area contributed by atoms with E-state index in [1.807, 2.05) is 17.9 Å². The Hall–Kier alpha value is -2.43. The number of hydrogen-bond acceptors (Lipinski definition) is 7. The molecule has 10 nitrogen and oxygen atoms in total. The van der Waals surface area contributed by atoms with Crippen molar-refractivity contribution in [1.29, 1.82) is 0 Å². The number of fused-ring (bicyclic) bond motifs is 1. The lowest BCUT2D eigenvalue weighted by atomic mass is 10.1. The zero-order valence-electron chi connectivity index (χ0n) is 18.3. The van der Waals surface area contributed by atoms with Gasteiger partial charge in [-0.25, -0.2) is 9.59 Å². The molecule has 16 heteroatoms. The Morgan fingerprint density at radius 2 is 1.71 bits per heavy atom. The number of nitrogens with zero attached hydrogens (tertiary/aromatic N) is 4. The number of alkyl halides is 6. The molecule has 3 heterocycles. The number of ether oxygens (including phenoxy) is 2. The molecule has 2 saturated heterocycles. The van der Waals surface area contributed by atoms with Crippen LogP contribution in [-0.2, 0) is 32.7 Å². The molecule has 196 valence electrons. The van der Waals surface area contributed by atoms with Crippen LogP contribution in [0.2, 0.25) is 0 Å². The largest absolute Gasteiger partial charge is 0.490 e. The molecule has 2 N–H and O–H groups in total. The SMILES string of the molecule is COCCN1CCO[C@H]2CN(Cc3cnn(C)c3)C[C@H]21.O=C(O)C(F)(F)F.O=C(O)C(F)(F)F. The smallest absolute Gasteiger partial charge is 0.475 e. The lowest BCUT2D eigenvalue weighted by Gasteiger charge is -2.36. The molecule has 1 aromatic rings. The van der Waals surface area contributed by atoms with Crippen molar-refractivity contribution in [2.24, 2.45) is 7.05 Å². The molecule has 0 spiro atoms. The van der Waals surface area contributed by atoms with Gasteiger partial charge in [0.05, 0.1) is 25.5 Å². The van der Waals surface area contributed by atoms with Gasteiger partial charge in [-0.3, -0.25) is 14.5 Å². The van der Waals surface area contributed by atoms with E-state index in [1.54, 1.807) is 7.11 Å². The molecule has 0 radical (unpaired) electrons. The van der Waals surface area contributed by atoms with Gasteiger partial charge < -0.3 is 19.7 Å². The predicted molar refractivity (Wildman–Crippen MR) is 103 cm³/mol. The Balaban J connectivity index is 0.000000343. The van der Waals surface area contributed by atoms with Crippen molar-refractivity contribution in [3.63, 3.8) is 0 Å². The molecular weight excluding hydrogens is 482 g/mol. The zero-order valence-corrected chi connectivity index (χ0v) is 18.3. The number of likely N-dealkylation sites (tertiary alicyclic amines) is 1. The fourth-order valence-corrected chi connectivity index (χ4v) is 3.26. The summed E-state index contributed by atoms with van der Waals surface area (Å²) in [5.41, 5.74) is 1.27. The average Bonchev–Trinajstić information content (AvgIpc) is 3.31. The third kappa shape index (κ3) is 10.2. The summed E-state index contributed by atoms with van der Waals surface area (Å²) in [6.07, 6.45) is -5.78. The second-order valence-electron chi connectivity index (χ2n) is 7.33. The normalized spacial score (nSPS) is 21.1. The van der Waals surface area contributed by atoms with E-state index in [0.717, 1.165) is 45.9 Å². The van der Waals surface area contributed by atoms with Gasteiger partial charge in [-0.15, -0.1) is 0 Å². The maximum Gasteiger partial charge on any atom is 0.490 e.